The fourth-order valence-corrected chi connectivity index (χ4v) is 2.28. The summed E-state index contributed by atoms with van der Waals surface area (Å²) >= 11 is 6.22. The molecule has 1 unspecified atom stereocenters. The number of halogens is 1. The minimum Gasteiger partial charge on any atom is -0.494 e. The Bertz CT molecular complexity index is 542. The summed E-state index contributed by atoms with van der Waals surface area (Å²) in [6.45, 7) is 2.83. The van der Waals surface area contributed by atoms with Gasteiger partial charge in [0.15, 0.2) is 0 Å². The smallest absolute Gasteiger partial charge is 0.119 e. The summed E-state index contributed by atoms with van der Waals surface area (Å²) in [5.41, 5.74) is 1.94. The SMILES string of the molecule is CCCOc1ccc(C(NC)c2ncccc2Cl)cc1. The van der Waals surface area contributed by atoms with E-state index >= 15 is 0 Å². The van der Waals surface area contributed by atoms with Crippen molar-refractivity contribution in [2.24, 2.45) is 0 Å². The second-order valence-corrected chi connectivity index (χ2v) is 4.92. The van der Waals surface area contributed by atoms with E-state index in [9.17, 15) is 0 Å². The predicted octanol–water partition coefficient (Wildman–Crippen LogP) is 3.83. The Balaban J connectivity index is 2.22. The Morgan fingerprint density at radius 3 is 2.60 bits per heavy atom. The molecule has 0 saturated carbocycles. The standard InChI is InChI=1S/C16H19ClN2O/c1-3-11-20-13-8-6-12(7-9-13)15(18-2)16-14(17)5-4-10-19-16/h4-10,15,18H,3,11H2,1-2H3. The molecule has 0 aliphatic rings. The molecule has 106 valence electrons. The Morgan fingerprint density at radius 1 is 1.25 bits per heavy atom. The van der Waals surface area contributed by atoms with Gasteiger partial charge in [0.1, 0.15) is 5.75 Å². The summed E-state index contributed by atoms with van der Waals surface area (Å²) in [6, 6.07) is 11.7. The molecular weight excluding hydrogens is 272 g/mol. The van der Waals surface area contributed by atoms with Gasteiger partial charge in [-0.25, -0.2) is 0 Å². The van der Waals surface area contributed by atoms with Crippen LogP contribution in [0.1, 0.15) is 30.6 Å². The largest absolute Gasteiger partial charge is 0.494 e. The lowest BCUT2D eigenvalue weighted by Gasteiger charge is -2.17. The summed E-state index contributed by atoms with van der Waals surface area (Å²) in [5.74, 6) is 0.887. The van der Waals surface area contributed by atoms with Gasteiger partial charge < -0.3 is 10.1 Å². The molecule has 20 heavy (non-hydrogen) atoms. The number of benzene rings is 1. The maximum absolute atomic E-state index is 6.22. The molecular formula is C16H19ClN2O. The van der Waals surface area contributed by atoms with E-state index in [1.54, 1.807) is 6.20 Å². The number of rotatable bonds is 6. The van der Waals surface area contributed by atoms with Crippen molar-refractivity contribution in [3.05, 3.63) is 58.9 Å². The second-order valence-electron chi connectivity index (χ2n) is 4.51. The van der Waals surface area contributed by atoms with Crippen LogP contribution >= 0.6 is 11.6 Å². The molecule has 3 nitrogen and oxygen atoms in total. The number of aromatic nitrogens is 1. The first-order valence-electron chi connectivity index (χ1n) is 6.76. The van der Waals surface area contributed by atoms with Crippen LogP contribution in [0.15, 0.2) is 42.6 Å². The van der Waals surface area contributed by atoms with E-state index in [-0.39, 0.29) is 6.04 Å². The Hall–Kier alpha value is -1.58. The quantitative estimate of drug-likeness (QED) is 0.878. The van der Waals surface area contributed by atoms with E-state index in [0.717, 1.165) is 30.0 Å². The summed E-state index contributed by atoms with van der Waals surface area (Å²) in [4.78, 5) is 4.37. The predicted molar refractivity (Wildman–Crippen MR) is 82.4 cm³/mol. The lowest BCUT2D eigenvalue weighted by molar-refractivity contribution is 0.317. The fraction of sp³-hybridized carbons (Fsp3) is 0.312. The van der Waals surface area contributed by atoms with Crippen molar-refractivity contribution in [3.63, 3.8) is 0 Å². The van der Waals surface area contributed by atoms with Crippen LogP contribution in [-0.2, 0) is 0 Å². The maximum atomic E-state index is 6.22. The molecule has 2 rings (SSSR count). The molecule has 2 aromatic rings. The molecule has 0 aliphatic heterocycles. The first-order valence-corrected chi connectivity index (χ1v) is 7.14. The van der Waals surface area contributed by atoms with Gasteiger partial charge in [0.05, 0.1) is 23.4 Å². The monoisotopic (exact) mass is 290 g/mol. The molecule has 1 heterocycles. The van der Waals surface area contributed by atoms with Gasteiger partial charge in [-0.05, 0) is 43.3 Å². The molecule has 1 N–H and O–H groups in total. The number of hydrogen-bond donors (Lipinski definition) is 1. The molecule has 4 heteroatoms. The van der Waals surface area contributed by atoms with E-state index in [2.05, 4.69) is 17.2 Å². The van der Waals surface area contributed by atoms with Gasteiger partial charge in [0, 0.05) is 6.20 Å². The van der Waals surface area contributed by atoms with E-state index < -0.39 is 0 Å². The van der Waals surface area contributed by atoms with Crippen molar-refractivity contribution in [1.82, 2.24) is 10.3 Å². The van der Waals surface area contributed by atoms with Crippen LogP contribution in [0.4, 0.5) is 0 Å². The summed E-state index contributed by atoms with van der Waals surface area (Å²) in [7, 11) is 1.90. The van der Waals surface area contributed by atoms with Crippen LogP contribution in [-0.4, -0.2) is 18.6 Å². The highest BCUT2D eigenvalue weighted by Gasteiger charge is 2.16. The van der Waals surface area contributed by atoms with Crippen molar-refractivity contribution < 1.29 is 4.74 Å². The van der Waals surface area contributed by atoms with Gasteiger partial charge in [0.25, 0.3) is 0 Å². The first kappa shape index (κ1) is 14.8. The van der Waals surface area contributed by atoms with Gasteiger partial charge in [0.2, 0.25) is 0 Å². The van der Waals surface area contributed by atoms with E-state index in [1.165, 1.54) is 0 Å². The third-order valence-corrected chi connectivity index (χ3v) is 3.35. The number of hydrogen-bond acceptors (Lipinski definition) is 3. The van der Waals surface area contributed by atoms with Gasteiger partial charge in [-0.2, -0.15) is 0 Å². The summed E-state index contributed by atoms with van der Waals surface area (Å²) in [5, 5.41) is 3.92. The first-order chi connectivity index (χ1) is 9.76. The highest BCUT2D eigenvalue weighted by molar-refractivity contribution is 6.31. The highest BCUT2D eigenvalue weighted by Crippen LogP contribution is 2.27. The lowest BCUT2D eigenvalue weighted by atomic mass is 10.0. The molecule has 0 bridgehead atoms. The van der Waals surface area contributed by atoms with E-state index in [4.69, 9.17) is 16.3 Å². The molecule has 1 atom stereocenters. The highest BCUT2D eigenvalue weighted by atomic mass is 35.5. The lowest BCUT2D eigenvalue weighted by Crippen LogP contribution is -2.19. The zero-order chi connectivity index (χ0) is 14.4. The number of pyridine rings is 1. The van der Waals surface area contributed by atoms with Crippen molar-refractivity contribution in [1.29, 1.82) is 0 Å². The van der Waals surface area contributed by atoms with Crippen molar-refractivity contribution in [3.8, 4) is 5.75 Å². The summed E-state index contributed by atoms with van der Waals surface area (Å²) in [6.07, 6.45) is 2.76. The number of ether oxygens (including phenoxy) is 1. The van der Waals surface area contributed by atoms with Crippen LogP contribution in [0.3, 0.4) is 0 Å². The Kier molecular flexibility index (Phi) is 5.39. The van der Waals surface area contributed by atoms with Crippen LogP contribution in [0, 0.1) is 0 Å². The zero-order valence-corrected chi connectivity index (χ0v) is 12.5. The van der Waals surface area contributed by atoms with E-state index in [0.29, 0.717) is 5.02 Å². The van der Waals surface area contributed by atoms with Crippen molar-refractivity contribution in [2.75, 3.05) is 13.7 Å². The minimum absolute atomic E-state index is 0.0241. The minimum atomic E-state index is -0.0241. The molecule has 0 spiro atoms. The van der Waals surface area contributed by atoms with Gasteiger partial charge in [-0.15, -0.1) is 0 Å². The average molecular weight is 291 g/mol. The molecule has 0 saturated heterocycles. The van der Waals surface area contributed by atoms with Crippen molar-refractivity contribution in [2.45, 2.75) is 19.4 Å². The normalized spacial score (nSPS) is 12.2. The average Bonchev–Trinajstić information content (AvgIpc) is 2.49. The van der Waals surface area contributed by atoms with Crippen LogP contribution < -0.4 is 10.1 Å². The number of nitrogens with one attached hydrogen (secondary N) is 1. The molecule has 0 aliphatic carbocycles. The third-order valence-electron chi connectivity index (χ3n) is 3.04. The van der Waals surface area contributed by atoms with Crippen molar-refractivity contribution >= 4 is 11.6 Å². The van der Waals surface area contributed by atoms with Gasteiger partial charge in [-0.1, -0.05) is 30.7 Å². The Morgan fingerprint density at radius 2 is 2.00 bits per heavy atom. The fourth-order valence-electron chi connectivity index (χ4n) is 2.05. The Labute approximate surface area is 124 Å². The van der Waals surface area contributed by atoms with Crippen LogP contribution in [0.2, 0.25) is 5.02 Å². The maximum Gasteiger partial charge on any atom is 0.119 e. The molecule has 1 aromatic carbocycles. The van der Waals surface area contributed by atoms with Gasteiger partial charge in [-0.3, -0.25) is 4.98 Å². The second kappa shape index (κ2) is 7.27. The zero-order valence-electron chi connectivity index (χ0n) is 11.8. The third kappa shape index (κ3) is 3.50. The molecule has 1 aromatic heterocycles. The number of nitrogens with zero attached hydrogens (tertiary/aromatic N) is 1. The summed E-state index contributed by atoms with van der Waals surface area (Å²) < 4.78 is 5.59. The van der Waals surface area contributed by atoms with Crippen LogP contribution in [0.25, 0.3) is 0 Å². The molecule has 0 amide bonds. The topological polar surface area (TPSA) is 34.1 Å². The van der Waals surface area contributed by atoms with Crippen LogP contribution in [0.5, 0.6) is 5.75 Å². The molecule has 0 radical (unpaired) electrons. The van der Waals surface area contributed by atoms with E-state index in [1.807, 2.05) is 43.4 Å². The van der Waals surface area contributed by atoms with Gasteiger partial charge >= 0.3 is 0 Å². The molecule has 0 fully saturated rings.